The zero-order valence-electron chi connectivity index (χ0n) is 15.3. The molecule has 5 nitrogen and oxygen atoms in total. The van der Waals surface area contributed by atoms with Crippen LogP contribution in [-0.2, 0) is 6.42 Å². The van der Waals surface area contributed by atoms with E-state index in [2.05, 4.69) is 50.8 Å². The summed E-state index contributed by atoms with van der Waals surface area (Å²) in [5, 5.41) is 21.6. The molecule has 0 radical (unpaired) electrons. The maximum absolute atomic E-state index is 9.16. The fourth-order valence-corrected chi connectivity index (χ4v) is 4.07. The molecule has 0 fully saturated rings. The lowest BCUT2D eigenvalue weighted by Gasteiger charge is -2.27. The number of aromatic amines is 1. The van der Waals surface area contributed by atoms with Crippen molar-refractivity contribution in [1.82, 2.24) is 15.2 Å². The standard InChI is InChI=1S/C23H19N5/c24-14-15-4-6-19-17(12-15)2-1-3-21(19)26-18-5-7-22-20(13-18)23(28-27-22)16-8-10-25-11-9-16/h4-13,21,26H,1-3H2,(H,27,28)/t21-/m0/s1. The molecule has 2 aromatic carbocycles. The number of nitriles is 1. The van der Waals surface area contributed by atoms with Gasteiger partial charge in [-0.2, -0.15) is 10.4 Å². The van der Waals surface area contributed by atoms with E-state index < -0.39 is 0 Å². The van der Waals surface area contributed by atoms with Gasteiger partial charge in [-0.3, -0.25) is 10.1 Å². The average Bonchev–Trinajstić information content (AvgIpc) is 3.17. The highest BCUT2D eigenvalue weighted by Crippen LogP contribution is 2.35. The van der Waals surface area contributed by atoms with Crippen molar-refractivity contribution in [2.75, 3.05) is 5.32 Å². The normalized spacial score (nSPS) is 15.8. The molecule has 5 heteroatoms. The topological polar surface area (TPSA) is 77.4 Å². The maximum atomic E-state index is 9.16. The molecule has 1 aliphatic carbocycles. The fraction of sp³-hybridized carbons (Fsp3) is 0.174. The van der Waals surface area contributed by atoms with E-state index in [1.807, 2.05) is 24.3 Å². The van der Waals surface area contributed by atoms with Crippen molar-refractivity contribution < 1.29 is 0 Å². The van der Waals surface area contributed by atoms with E-state index in [4.69, 9.17) is 5.26 Å². The van der Waals surface area contributed by atoms with Crippen molar-refractivity contribution in [1.29, 1.82) is 5.26 Å². The second kappa shape index (κ2) is 6.82. The molecular formula is C23H19N5. The van der Waals surface area contributed by atoms with Gasteiger partial charge in [-0.1, -0.05) is 6.07 Å². The molecule has 0 saturated heterocycles. The molecule has 0 aliphatic heterocycles. The molecule has 136 valence electrons. The second-order valence-corrected chi connectivity index (χ2v) is 7.18. The molecule has 2 aromatic heterocycles. The van der Waals surface area contributed by atoms with Crippen LogP contribution >= 0.6 is 0 Å². The number of pyridine rings is 1. The van der Waals surface area contributed by atoms with Crippen LogP contribution in [-0.4, -0.2) is 15.2 Å². The number of nitrogens with zero attached hydrogens (tertiary/aromatic N) is 3. The SMILES string of the molecule is N#Cc1ccc2c(c1)CCC[C@@H]2Nc1ccc2[nH]nc(-c3ccncc3)c2c1. The number of aromatic nitrogens is 3. The van der Waals surface area contributed by atoms with Crippen LogP contribution in [0.15, 0.2) is 60.9 Å². The van der Waals surface area contributed by atoms with Gasteiger partial charge in [0.1, 0.15) is 5.69 Å². The number of anilines is 1. The second-order valence-electron chi connectivity index (χ2n) is 7.18. The smallest absolute Gasteiger partial charge is 0.100 e. The molecule has 0 amide bonds. The van der Waals surface area contributed by atoms with E-state index in [0.29, 0.717) is 0 Å². The first-order valence-corrected chi connectivity index (χ1v) is 9.50. The number of nitrogens with one attached hydrogen (secondary N) is 2. The van der Waals surface area contributed by atoms with Crippen molar-refractivity contribution in [3.05, 3.63) is 77.6 Å². The molecule has 5 rings (SSSR count). The summed E-state index contributed by atoms with van der Waals surface area (Å²) in [5.41, 5.74) is 7.39. The Morgan fingerprint density at radius 3 is 2.82 bits per heavy atom. The Hall–Kier alpha value is -3.65. The van der Waals surface area contributed by atoms with Crippen LogP contribution in [0.3, 0.4) is 0 Å². The van der Waals surface area contributed by atoms with Gasteiger partial charge in [0.05, 0.1) is 23.2 Å². The minimum absolute atomic E-state index is 0.255. The number of hydrogen-bond acceptors (Lipinski definition) is 4. The first kappa shape index (κ1) is 16.5. The van der Waals surface area contributed by atoms with Crippen LogP contribution in [0.2, 0.25) is 0 Å². The molecule has 28 heavy (non-hydrogen) atoms. The lowest BCUT2D eigenvalue weighted by atomic mass is 9.86. The van der Waals surface area contributed by atoms with E-state index in [9.17, 15) is 0 Å². The predicted octanol–water partition coefficient (Wildman–Crippen LogP) is 4.99. The number of aryl methyl sites for hydroxylation is 1. The highest BCUT2D eigenvalue weighted by molar-refractivity contribution is 5.94. The van der Waals surface area contributed by atoms with Crippen molar-refractivity contribution in [3.8, 4) is 17.3 Å². The Morgan fingerprint density at radius 2 is 1.96 bits per heavy atom. The van der Waals surface area contributed by atoms with E-state index in [1.54, 1.807) is 12.4 Å². The van der Waals surface area contributed by atoms with E-state index in [1.165, 1.54) is 11.1 Å². The Labute approximate surface area is 163 Å². The Balaban J connectivity index is 1.49. The zero-order chi connectivity index (χ0) is 18.9. The minimum Gasteiger partial charge on any atom is -0.378 e. The summed E-state index contributed by atoms with van der Waals surface area (Å²) in [7, 11) is 0. The Morgan fingerprint density at radius 1 is 1.07 bits per heavy atom. The van der Waals surface area contributed by atoms with Crippen LogP contribution in [0.5, 0.6) is 0 Å². The minimum atomic E-state index is 0.255. The largest absolute Gasteiger partial charge is 0.378 e. The summed E-state index contributed by atoms with van der Waals surface area (Å²) in [6.45, 7) is 0. The monoisotopic (exact) mass is 365 g/mol. The quantitative estimate of drug-likeness (QED) is 0.536. The molecule has 0 bridgehead atoms. The summed E-state index contributed by atoms with van der Waals surface area (Å²) in [6.07, 6.45) is 6.81. The summed E-state index contributed by atoms with van der Waals surface area (Å²) in [6, 6.07) is 18.8. The highest BCUT2D eigenvalue weighted by atomic mass is 15.1. The van der Waals surface area contributed by atoms with E-state index >= 15 is 0 Å². The van der Waals surface area contributed by atoms with Crippen molar-refractivity contribution in [3.63, 3.8) is 0 Å². The van der Waals surface area contributed by atoms with Gasteiger partial charge in [-0.05, 0) is 72.9 Å². The van der Waals surface area contributed by atoms with Gasteiger partial charge in [0.2, 0.25) is 0 Å². The summed E-state index contributed by atoms with van der Waals surface area (Å²) >= 11 is 0. The van der Waals surface area contributed by atoms with Crippen molar-refractivity contribution in [2.24, 2.45) is 0 Å². The lowest BCUT2D eigenvalue weighted by Crippen LogP contribution is -2.17. The zero-order valence-corrected chi connectivity index (χ0v) is 15.3. The third-order valence-corrected chi connectivity index (χ3v) is 5.44. The van der Waals surface area contributed by atoms with Gasteiger partial charge >= 0.3 is 0 Å². The first-order chi connectivity index (χ1) is 13.8. The van der Waals surface area contributed by atoms with Gasteiger partial charge in [0.15, 0.2) is 0 Å². The third kappa shape index (κ3) is 2.89. The van der Waals surface area contributed by atoms with E-state index in [-0.39, 0.29) is 6.04 Å². The van der Waals surface area contributed by atoms with E-state index in [0.717, 1.165) is 52.7 Å². The molecule has 1 aliphatic rings. The number of H-pyrrole nitrogens is 1. The molecule has 2 heterocycles. The van der Waals surface area contributed by atoms with Gasteiger partial charge in [0.25, 0.3) is 0 Å². The third-order valence-electron chi connectivity index (χ3n) is 5.44. The van der Waals surface area contributed by atoms with Gasteiger partial charge in [0, 0.05) is 29.0 Å². The van der Waals surface area contributed by atoms with Gasteiger partial charge < -0.3 is 5.32 Å². The Kier molecular flexibility index (Phi) is 4.02. The highest BCUT2D eigenvalue weighted by Gasteiger charge is 2.20. The molecule has 0 unspecified atom stereocenters. The van der Waals surface area contributed by atoms with Gasteiger partial charge in [-0.15, -0.1) is 0 Å². The summed E-state index contributed by atoms with van der Waals surface area (Å²) in [4.78, 5) is 4.09. The van der Waals surface area contributed by atoms with Crippen molar-refractivity contribution in [2.45, 2.75) is 25.3 Å². The summed E-state index contributed by atoms with van der Waals surface area (Å²) < 4.78 is 0. The predicted molar refractivity (Wildman–Crippen MR) is 110 cm³/mol. The van der Waals surface area contributed by atoms with Gasteiger partial charge in [-0.25, -0.2) is 0 Å². The first-order valence-electron chi connectivity index (χ1n) is 9.50. The van der Waals surface area contributed by atoms with Crippen LogP contribution in [0.4, 0.5) is 5.69 Å². The number of rotatable bonds is 3. The number of hydrogen-bond donors (Lipinski definition) is 2. The summed E-state index contributed by atoms with van der Waals surface area (Å²) in [5.74, 6) is 0. The van der Waals surface area contributed by atoms with Crippen LogP contribution in [0, 0.1) is 11.3 Å². The average molecular weight is 365 g/mol. The van der Waals surface area contributed by atoms with Crippen LogP contribution < -0.4 is 5.32 Å². The lowest BCUT2D eigenvalue weighted by molar-refractivity contribution is 0.600. The van der Waals surface area contributed by atoms with Crippen LogP contribution in [0.1, 0.15) is 35.6 Å². The van der Waals surface area contributed by atoms with Crippen molar-refractivity contribution >= 4 is 16.6 Å². The molecule has 2 N–H and O–H groups in total. The number of benzene rings is 2. The fourth-order valence-electron chi connectivity index (χ4n) is 4.07. The maximum Gasteiger partial charge on any atom is 0.100 e. The molecule has 0 saturated carbocycles. The molecular weight excluding hydrogens is 346 g/mol. The Bertz CT molecular complexity index is 1190. The molecule has 1 atom stereocenters. The number of fused-ring (bicyclic) bond motifs is 2. The molecule has 0 spiro atoms. The van der Waals surface area contributed by atoms with Crippen LogP contribution in [0.25, 0.3) is 22.2 Å². The molecule has 4 aromatic rings.